The Hall–Kier alpha value is -3.93. The Labute approximate surface area is 160 Å². The highest BCUT2D eigenvalue weighted by molar-refractivity contribution is 5.80. The number of aryl methyl sites for hydroxylation is 1. The molecule has 0 saturated carbocycles. The molecule has 0 aliphatic carbocycles. The molecule has 6 heteroatoms. The fourth-order valence-corrected chi connectivity index (χ4v) is 3.44. The standard InChI is InChI=1S/C22H17N5O/c1-25-18-14-8-9-15-19(18)27-21(25)24-20(23-16-10-4-2-5-11-16)26(22(27)28)17-12-6-3-7-13-17/h2-15H,1H3. The smallest absolute Gasteiger partial charge is 0.312 e. The molecular weight excluding hydrogens is 350 g/mol. The summed E-state index contributed by atoms with van der Waals surface area (Å²) in [6.45, 7) is 0. The molecule has 5 aromatic rings. The van der Waals surface area contributed by atoms with Crippen molar-refractivity contribution in [2.24, 2.45) is 12.0 Å². The van der Waals surface area contributed by atoms with Gasteiger partial charge in [0.25, 0.3) is 0 Å². The minimum atomic E-state index is -0.206. The summed E-state index contributed by atoms with van der Waals surface area (Å²) in [5.41, 5.74) is 3.34. The van der Waals surface area contributed by atoms with Crippen LogP contribution < -0.4 is 11.3 Å². The van der Waals surface area contributed by atoms with E-state index in [2.05, 4.69) is 4.99 Å². The lowest BCUT2D eigenvalue weighted by molar-refractivity contribution is 0.765. The Balaban J connectivity index is 1.99. The van der Waals surface area contributed by atoms with Crippen molar-refractivity contribution in [2.45, 2.75) is 0 Å². The van der Waals surface area contributed by atoms with Gasteiger partial charge in [-0.1, -0.05) is 48.5 Å². The molecule has 5 rings (SSSR count). The zero-order valence-corrected chi connectivity index (χ0v) is 15.2. The van der Waals surface area contributed by atoms with Gasteiger partial charge in [-0.2, -0.15) is 4.98 Å². The highest BCUT2D eigenvalue weighted by Crippen LogP contribution is 2.16. The van der Waals surface area contributed by atoms with E-state index < -0.39 is 0 Å². The van der Waals surface area contributed by atoms with Crippen LogP contribution in [-0.4, -0.2) is 18.5 Å². The average molecular weight is 367 g/mol. The molecule has 0 atom stereocenters. The minimum absolute atomic E-state index is 0.206. The zero-order chi connectivity index (χ0) is 19.1. The van der Waals surface area contributed by atoms with Gasteiger partial charge in [0, 0.05) is 7.05 Å². The molecule has 6 nitrogen and oxygen atoms in total. The van der Waals surface area contributed by atoms with Gasteiger partial charge in [-0.3, -0.25) is 0 Å². The van der Waals surface area contributed by atoms with Crippen LogP contribution in [0.15, 0.2) is 94.7 Å². The largest absolute Gasteiger partial charge is 0.343 e. The number of fused-ring (bicyclic) bond motifs is 3. The number of imidazole rings is 1. The van der Waals surface area contributed by atoms with Crippen LogP contribution in [0, 0.1) is 0 Å². The first kappa shape index (κ1) is 16.3. The fourth-order valence-electron chi connectivity index (χ4n) is 3.44. The molecule has 0 amide bonds. The number of benzene rings is 3. The van der Waals surface area contributed by atoms with E-state index in [1.54, 1.807) is 8.97 Å². The van der Waals surface area contributed by atoms with Gasteiger partial charge in [-0.05, 0) is 36.4 Å². The van der Waals surface area contributed by atoms with Crippen molar-refractivity contribution in [2.75, 3.05) is 0 Å². The highest BCUT2D eigenvalue weighted by atomic mass is 16.1. The summed E-state index contributed by atoms with van der Waals surface area (Å²) in [6.07, 6.45) is 0. The van der Waals surface area contributed by atoms with Crippen molar-refractivity contribution < 1.29 is 0 Å². The van der Waals surface area contributed by atoms with Gasteiger partial charge in [0.1, 0.15) is 0 Å². The van der Waals surface area contributed by atoms with Crippen LogP contribution in [0.1, 0.15) is 0 Å². The van der Waals surface area contributed by atoms with Crippen molar-refractivity contribution in [3.05, 3.63) is 101 Å². The Morgan fingerprint density at radius 1 is 0.786 bits per heavy atom. The average Bonchev–Trinajstić information content (AvgIpc) is 3.02. The third kappa shape index (κ3) is 2.46. The molecule has 2 heterocycles. The molecule has 0 aliphatic heterocycles. The quantitative estimate of drug-likeness (QED) is 0.481. The van der Waals surface area contributed by atoms with Crippen molar-refractivity contribution in [3.8, 4) is 5.69 Å². The summed E-state index contributed by atoms with van der Waals surface area (Å²) < 4.78 is 5.09. The van der Waals surface area contributed by atoms with E-state index in [0.29, 0.717) is 11.4 Å². The lowest BCUT2D eigenvalue weighted by atomic mass is 10.3. The van der Waals surface area contributed by atoms with Gasteiger partial charge in [-0.25, -0.2) is 18.8 Å². The lowest BCUT2D eigenvalue weighted by Crippen LogP contribution is -2.38. The monoisotopic (exact) mass is 367 g/mol. The van der Waals surface area contributed by atoms with Gasteiger partial charge in [0.05, 0.1) is 22.4 Å². The first-order chi connectivity index (χ1) is 13.7. The summed E-state index contributed by atoms with van der Waals surface area (Å²) in [4.78, 5) is 23.0. The molecule has 0 radical (unpaired) electrons. The Morgan fingerprint density at radius 2 is 1.39 bits per heavy atom. The molecule has 0 unspecified atom stereocenters. The first-order valence-electron chi connectivity index (χ1n) is 8.98. The molecule has 0 aliphatic rings. The number of nitrogens with zero attached hydrogens (tertiary/aromatic N) is 5. The summed E-state index contributed by atoms with van der Waals surface area (Å²) in [5, 5.41) is 0. The molecule has 28 heavy (non-hydrogen) atoms. The molecule has 0 fully saturated rings. The van der Waals surface area contributed by atoms with E-state index >= 15 is 0 Å². The molecule has 3 aromatic carbocycles. The van der Waals surface area contributed by atoms with Crippen molar-refractivity contribution in [1.82, 2.24) is 18.5 Å². The second-order valence-electron chi connectivity index (χ2n) is 6.50. The molecule has 0 bridgehead atoms. The summed E-state index contributed by atoms with van der Waals surface area (Å²) in [5.74, 6) is 0.549. The fraction of sp³-hybridized carbons (Fsp3) is 0.0455. The SMILES string of the molecule is Cn1c2ccccc2n2c(=O)n(-c3ccccc3)c(=Nc3ccccc3)nc12. The predicted octanol–water partition coefficient (Wildman–Crippen LogP) is 3.21. The van der Waals surface area contributed by atoms with Crippen LogP contribution in [0.2, 0.25) is 0 Å². The van der Waals surface area contributed by atoms with Crippen molar-refractivity contribution >= 4 is 22.5 Å². The Morgan fingerprint density at radius 3 is 2.11 bits per heavy atom. The number of aromatic nitrogens is 4. The maximum Gasteiger partial charge on any atom is 0.343 e. The van der Waals surface area contributed by atoms with Crippen molar-refractivity contribution in [3.63, 3.8) is 0 Å². The van der Waals surface area contributed by atoms with Crippen LogP contribution >= 0.6 is 0 Å². The number of rotatable bonds is 2. The van der Waals surface area contributed by atoms with E-state index in [-0.39, 0.29) is 5.69 Å². The normalized spacial score (nSPS) is 12.1. The second kappa shape index (κ2) is 6.35. The molecule has 0 N–H and O–H groups in total. The number of para-hydroxylation sites is 4. The van der Waals surface area contributed by atoms with Gasteiger partial charge in [-0.15, -0.1) is 0 Å². The minimum Gasteiger partial charge on any atom is -0.312 e. The van der Waals surface area contributed by atoms with Crippen LogP contribution in [0.4, 0.5) is 5.69 Å². The Kier molecular flexibility index (Phi) is 3.69. The van der Waals surface area contributed by atoms with Crippen LogP contribution in [0.5, 0.6) is 0 Å². The first-order valence-corrected chi connectivity index (χ1v) is 8.98. The third-order valence-electron chi connectivity index (χ3n) is 4.77. The third-order valence-corrected chi connectivity index (χ3v) is 4.77. The molecule has 2 aromatic heterocycles. The van der Waals surface area contributed by atoms with Crippen LogP contribution in [0.25, 0.3) is 22.5 Å². The second-order valence-corrected chi connectivity index (χ2v) is 6.50. The zero-order valence-electron chi connectivity index (χ0n) is 15.2. The highest BCUT2D eigenvalue weighted by Gasteiger charge is 2.15. The Bertz CT molecular complexity index is 1430. The number of hydrogen-bond donors (Lipinski definition) is 0. The van der Waals surface area contributed by atoms with E-state index in [4.69, 9.17) is 4.98 Å². The van der Waals surface area contributed by atoms with Crippen LogP contribution in [-0.2, 0) is 7.05 Å². The maximum atomic E-state index is 13.6. The predicted molar refractivity (Wildman–Crippen MR) is 109 cm³/mol. The summed E-state index contributed by atoms with van der Waals surface area (Å²) in [6, 6.07) is 26.8. The maximum absolute atomic E-state index is 13.6. The van der Waals surface area contributed by atoms with E-state index in [0.717, 1.165) is 22.4 Å². The van der Waals surface area contributed by atoms with E-state index in [1.165, 1.54) is 0 Å². The van der Waals surface area contributed by atoms with Gasteiger partial charge in [0.2, 0.25) is 11.4 Å². The van der Waals surface area contributed by atoms with Crippen LogP contribution in [0.3, 0.4) is 0 Å². The molecule has 136 valence electrons. The number of hydrogen-bond acceptors (Lipinski definition) is 3. The van der Waals surface area contributed by atoms with Gasteiger partial charge < -0.3 is 4.57 Å². The topological polar surface area (TPSA) is 56.6 Å². The van der Waals surface area contributed by atoms with E-state index in [9.17, 15) is 4.79 Å². The molecule has 0 spiro atoms. The summed E-state index contributed by atoms with van der Waals surface area (Å²) >= 11 is 0. The summed E-state index contributed by atoms with van der Waals surface area (Å²) in [7, 11) is 1.91. The molecular formula is C22H17N5O. The lowest BCUT2D eigenvalue weighted by Gasteiger charge is -2.07. The van der Waals surface area contributed by atoms with E-state index in [1.807, 2.05) is 96.5 Å². The van der Waals surface area contributed by atoms with Gasteiger partial charge in [0.15, 0.2) is 0 Å². The molecule has 0 saturated heterocycles. The van der Waals surface area contributed by atoms with Gasteiger partial charge >= 0.3 is 5.69 Å². The van der Waals surface area contributed by atoms with Crippen molar-refractivity contribution in [1.29, 1.82) is 0 Å².